The zero-order valence-electron chi connectivity index (χ0n) is 12.6. The van der Waals surface area contributed by atoms with E-state index in [2.05, 4.69) is 6.58 Å². The number of hydrogen-bond donors (Lipinski definition) is 2. The van der Waals surface area contributed by atoms with E-state index in [9.17, 15) is 19.8 Å². The van der Waals surface area contributed by atoms with Crippen molar-refractivity contribution in [3.8, 4) is 0 Å². The minimum Gasteiger partial charge on any atom is -0.457 e. The molecule has 5 atom stereocenters. The minimum absolute atomic E-state index is 0.0584. The summed E-state index contributed by atoms with van der Waals surface area (Å²) in [5.74, 6) is -1.43. The predicted molar refractivity (Wildman–Crippen MR) is 77.3 cm³/mol. The van der Waals surface area contributed by atoms with Crippen molar-refractivity contribution in [3.05, 3.63) is 23.9 Å². The van der Waals surface area contributed by atoms with Gasteiger partial charge in [0.15, 0.2) is 0 Å². The van der Waals surface area contributed by atoms with Crippen molar-refractivity contribution < 1.29 is 24.5 Å². The summed E-state index contributed by atoms with van der Waals surface area (Å²) < 4.78 is 5.09. The molecule has 1 aliphatic carbocycles. The van der Waals surface area contributed by atoms with Crippen LogP contribution < -0.4 is 0 Å². The van der Waals surface area contributed by atoms with Gasteiger partial charge in [-0.3, -0.25) is 4.79 Å². The van der Waals surface area contributed by atoms with E-state index in [4.69, 9.17) is 4.74 Å². The molecule has 2 N–H and O–H groups in total. The van der Waals surface area contributed by atoms with Crippen LogP contribution in [0, 0.1) is 11.8 Å². The Kier molecular flexibility index (Phi) is 3.82. The van der Waals surface area contributed by atoms with Crippen LogP contribution in [0.15, 0.2) is 23.9 Å². The Balaban J connectivity index is 1.97. The Hall–Kier alpha value is -1.66. The third kappa shape index (κ3) is 2.01. The van der Waals surface area contributed by atoms with Crippen molar-refractivity contribution in [1.82, 2.24) is 4.90 Å². The molecule has 0 bridgehead atoms. The van der Waals surface area contributed by atoms with Crippen LogP contribution in [0.5, 0.6) is 0 Å². The number of fused-ring (bicyclic) bond motifs is 3. The summed E-state index contributed by atoms with van der Waals surface area (Å²) in [5.41, 5.74) is 0.799. The molecule has 0 radical (unpaired) electrons. The molecule has 22 heavy (non-hydrogen) atoms. The SMILES string of the molecule is C=CCOC(=O)C1=C2[C@@H](CCC[C@@H]2O)[C@@H]2[C@@H](C(C)O)C(=O)N12. The van der Waals surface area contributed by atoms with E-state index in [0.29, 0.717) is 12.0 Å². The normalized spacial score (nSPS) is 34.7. The summed E-state index contributed by atoms with van der Waals surface area (Å²) in [5, 5.41) is 20.2. The summed E-state index contributed by atoms with van der Waals surface area (Å²) in [4.78, 5) is 26.1. The number of amides is 1. The highest BCUT2D eigenvalue weighted by Crippen LogP contribution is 2.52. The smallest absolute Gasteiger partial charge is 0.355 e. The van der Waals surface area contributed by atoms with Crippen LogP contribution >= 0.6 is 0 Å². The average molecular weight is 307 g/mol. The Labute approximate surface area is 129 Å². The molecule has 0 aromatic rings. The Bertz CT molecular complexity index is 553. The number of hydrogen-bond acceptors (Lipinski definition) is 5. The van der Waals surface area contributed by atoms with Crippen molar-refractivity contribution >= 4 is 11.9 Å². The molecule has 3 aliphatic rings. The largest absolute Gasteiger partial charge is 0.457 e. The van der Waals surface area contributed by atoms with E-state index in [1.807, 2.05) is 0 Å². The summed E-state index contributed by atoms with van der Waals surface area (Å²) in [6, 6.07) is -0.233. The highest BCUT2D eigenvalue weighted by molar-refractivity contribution is 6.01. The number of carbonyl (C=O) groups excluding carboxylic acids is 2. The van der Waals surface area contributed by atoms with Crippen molar-refractivity contribution in [3.63, 3.8) is 0 Å². The Morgan fingerprint density at radius 2 is 2.27 bits per heavy atom. The summed E-state index contributed by atoms with van der Waals surface area (Å²) in [6.07, 6.45) is 2.20. The third-order valence-corrected chi connectivity index (χ3v) is 4.91. The monoisotopic (exact) mass is 307 g/mol. The zero-order chi connectivity index (χ0) is 16.0. The molecule has 0 spiro atoms. The molecular weight excluding hydrogens is 286 g/mol. The number of β-lactam (4-membered cyclic amide) rings is 1. The lowest BCUT2D eigenvalue weighted by molar-refractivity contribution is -0.164. The second-order valence-corrected chi connectivity index (χ2v) is 6.21. The number of rotatable bonds is 4. The number of aliphatic hydroxyl groups is 2. The summed E-state index contributed by atoms with van der Waals surface area (Å²) in [7, 11) is 0. The molecule has 6 heteroatoms. The molecule has 1 unspecified atom stereocenters. The van der Waals surface area contributed by atoms with E-state index in [-0.39, 0.29) is 30.2 Å². The van der Waals surface area contributed by atoms with Crippen molar-refractivity contribution in [1.29, 1.82) is 0 Å². The molecular formula is C16H21NO5. The van der Waals surface area contributed by atoms with Gasteiger partial charge in [0, 0.05) is 5.92 Å². The van der Waals surface area contributed by atoms with Crippen LogP contribution in [-0.2, 0) is 14.3 Å². The Morgan fingerprint density at radius 1 is 1.55 bits per heavy atom. The van der Waals surface area contributed by atoms with E-state index in [1.165, 1.54) is 11.0 Å². The van der Waals surface area contributed by atoms with Crippen molar-refractivity contribution in [2.75, 3.05) is 6.61 Å². The Morgan fingerprint density at radius 3 is 2.91 bits per heavy atom. The van der Waals surface area contributed by atoms with Crippen LogP contribution in [0.25, 0.3) is 0 Å². The highest BCUT2D eigenvalue weighted by Gasteiger charge is 2.62. The van der Waals surface area contributed by atoms with E-state index >= 15 is 0 Å². The van der Waals surface area contributed by atoms with Crippen LogP contribution in [0.3, 0.4) is 0 Å². The molecule has 2 fully saturated rings. The van der Waals surface area contributed by atoms with Crippen LogP contribution in [0.4, 0.5) is 0 Å². The lowest BCUT2D eigenvalue weighted by Crippen LogP contribution is -2.64. The van der Waals surface area contributed by atoms with E-state index in [0.717, 1.165) is 12.8 Å². The topological polar surface area (TPSA) is 87.1 Å². The van der Waals surface area contributed by atoms with Crippen LogP contribution in [0.2, 0.25) is 0 Å². The van der Waals surface area contributed by atoms with Gasteiger partial charge in [-0.2, -0.15) is 0 Å². The molecule has 1 saturated heterocycles. The van der Waals surface area contributed by atoms with Crippen LogP contribution in [0.1, 0.15) is 26.2 Å². The number of aliphatic hydroxyl groups excluding tert-OH is 2. The minimum atomic E-state index is -0.766. The van der Waals surface area contributed by atoms with Gasteiger partial charge in [-0.25, -0.2) is 4.79 Å². The molecule has 1 saturated carbocycles. The van der Waals surface area contributed by atoms with Gasteiger partial charge in [-0.1, -0.05) is 12.7 Å². The number of carbonyl (C=O) groups is 2. The lowest BCUT2D eigenvalue weighted by Gasteiger charge is -2.47. The van der Waals surface area contributed by atoms with Gasteiger partial charge in [0.05, 0.1) is 24.2 Å². The second-order valence-electron chi connectivity index (χ2n) is 6.21. The molecule has 120 valence electrons. The van der Waals surface area contributed by atoms with Gasteiger partial charge in [0.1, 0.15) is 12.3 Å². The van der Waals surface area contributed by atoms with Gasteiger partial charge in [0.25, 0.3) is 0 Å². The van der Waals surface area contributed by atoms with Crippen molar-refractivity contribution in [2.24, 2.45) is 11.8 Å². The van der Waals surface area contributed by atoms with Crippen LogP contribution in [-0.4, -0.2) is 51.8 Å². The summed E-state index contributed by atoms with van der Waals surface area (Å²) in [6.45, 7) is 5.15. The molecule has 3 rings (SSSR count). The fraction of sp³-hybridized carbons (Fsp3) is 0.625. The number of esters is 1. The van der Waals surface area contributed by atoms with Gasteiger partial charge < -0.3 is 19.8 Å². The molecule has 0 aromatic carbocycles. The summed E-state index contributed by atoms with van der Waals surface area (Å²) >= 11 is 0. The average Bonchev–Trinajstić information content (AvgIpc) is 2.76. The maximum absolute atomic E-state index is 12.3. The quantitative estimate of drug-likeness (QED) is 0.445. The number of ether oxygens (including phenoxy) is 1. The van der Waals surface area contributed by atoms with E-state index < -0.39 is 24.1 Å². The first-order valence-electron chi connectivity index (χ1n) is 7.70. The van der Waals surface area contributed by atoms with Crippen molar-refractivity contribution in [2.45, 2.75) is 44.4 Å². The second kappa shape index (κ2) is 5.52. The first-order chi connectivity index (χ1) is 10.5. The van der Waals surface area contributed by atoms with Gasteiger partial charge >= 0.3 is 5.97 Å². The predicted octanol–water partition coefficient (Wildman–Crippen LogP) is 0.352. The van der Waals surface area contributed by atoms with Gasteiger partial charge in [-0.15, -0.1) is 0 Å². The fourth-order valence-electron chi connectivity index (χ4n) is 4.05. The highest BCUT2D eigenvalue weighted by atomic mass is 16.5. The first kappa shape index (κ1) is 15.2. The first-order valence-corrected chi connectivity index (χ1v) is 7.70. The maximum atomic E-state index is 12.3. The molecule has 0 aromatic heterocycles. The third-order valence-electron chi connectivity index (χ3n) is 4.91. The van der Waals surface area contributed by atoms with Gasteiger partial charge in [-0.05, 0) is 31.8 Å². The zero-order valence-corrected chi connectivity index (χ0v) is 12.6. The molecule has 6 nitrogen and oxygen atoms in total. The molecule has 2 heterocycles. The van der Waals surface area contributed by atoms with E-state index in [1.54, 1.807) is 6.92 Å². The molecule has 1 amide bonds. The lowest BCUT2D eigenvalue weighted by atomic mass is 9.72. The fourth-order valence-corrected chi connectivity index (χ4v) is 4.05. The maximum Gasteiger partial charge on any atom is 0.355 e. The number of nitrogens with zero attached hydrogens (tertiary/aromatic N) is 1. The standard InChI is InChI=1S/C16H21NO5/c1-3-7-22-16(21)14-12-9(5-4-6-10(12)19)13-11(8(2)18)15(20)17(13)14/h3,8-11,13,18-19H,1,4-7H2,2H3/t8?,9-,10+,11-,13-/m1/s1. The van der Waals surface area contributed by atoms with Gasteiger partial charge in [0.2, 0.25) is 5.91 Å². The molecule has 2 aliphatic heterocycles.